The van der Waals surface area contributed by atoms with Gasteiger partial charge in [-0.1, -0.05) is 0 Å². The number of rotatable bonds is 9. The van der Waals surface area contributed by atoms with Crippen molar-refractivity contribution in [2.75, 3.05) is 52.3 Å². The molecule has 0 saturated carbocycles. The predicted octanol–water partition coefficient (Wildman–Crippen LogP) is 0.821. The van der Waals surface area contributed by atoms with Gasteiger partial charge in [-0.2, -0.15) is 0 Å². The van der Waals surface area contributed by atoms with E-state index in [0.717, 1.165) is 18.8 Å². The third-order valence-electron chi connectivity index (χ3n) is 2.65. The number of likely N-dealkylation sites (N-methyl/N-ethyl adjacent to an activating group) is 1. The number of amides is 1. The van der Waals surface area contributed by atoms with Gasteiger partial charge in [0.2, 0.25) is 0 Å². The lowest BCUT2D eigenvalue weighted by Gasteiger charge is -2.12. The van der Waals surface area contributed by atoms with Crippen LogP contribution >= 0.6 is 0 Å². The fraction of sp³-hybridized carbons (Fsp3) is 0.571. The number of carbonyl (C=O) groups is 1. The molecule has 0 aliphatic heterocycles. The van der Waals surface area contributed by atoms with Gasteiger partial charge in [0.25, 0.3) is 5.91 Å². The third-order valence-corrected chi connectivity index (χ3v) is 2.65. The van der Waals surface area contributed by atoms with Crippen molar-refractivity contribution in [3.05, 3.63) is 24.0 Å². The molecule has 1 aromatic heterocycles. The van der Waals surface area contributed by atoms with Crippen LogP contribution in [0.3, 0.4) is 0 Å². The first kappa shape index (κ1) is 16.4. The topological polar surface area (TPSA) is 66.5 Å². The molecular formula is C14H24N4O2. The molecule has 6 heteroatoms. The molecule has 112 valence electrons. The Balaban J connectivity index is 2.32. The predicted molar refractivity (Wildman–Crippen MR) is 80.1 cm³/mol. The summed E-state index contributed by atoms with van der Waals surface area (Å²) in [6.07, 6.45) is 3.27. The van der Waals surface area contributed by atoms with Gasteiger partial charge in [-0.15, -0.1) is 0 Å². The molecule has 1 rings (SSSR count). The smallest absolute Gasteiger partial charge is 0.253 e. The van der Waals surface area contributed by atoms with Gasteiger partial charge >= 0.3 is 0 Å². The zero-order valence-corrected chi connectivity index (χ0v) is 12.5. The molecule has 0 spiro atoms. The standard InChI is InChI=1S/C14H24N4O2/c1-4-16-13-11-15-6-5-12(13)14(19)17-7-9-20-10-8-18(2)3/h5-6,11,16H,4,7-10H2,1-3H3,(H,17,19). The van der Waals surface area contributed by atoms with Gasteiger partial charge in [-0.3, -0.25) is 9.78 Å². The Labute approximate surface area is 120 Å². The minimum absolute atomic E-state index is 0.112. The Morgan fingerprint density at radius 2 is 2.20 bits per heavy atom. The Morgan fingerprint density at radius 1 is 1.40 bits per heavy atom. The number of aromatic nitrogens is 1. The second-order valence-electron chi connectivity index (χ2n) is 4.62. The highest BCUT2D eigenvalue weighted by atomic mass is 16.5. The number of nitrogens with one attached hydrogen (secondary N) is 2. The summed E-state index contributed by atoms with van der Waals surface area (Å²) in [5, 5.41) is 5.96. The van der Waals surface area contributed by atoms with Crippen LogP contribution < -0.4 is 10.6 Å². The van der Waals surface area contributed by atoms with Crippen LogP contribution in [0.4, 0.5) is 5.69 Å². The molecule has 20 heavy (non-hydrogen) atoms. The van der Waals surface area contributed by atoms with E-state index in [9.17, 15) is 4.79 Å². The second-order valence-corrected chi connectivity index (χ2v) is 4.62. The Bertz CT molecular complexity index is 410. The Morgan fingerprint density at radius 3 is 2.90 bits per heavy atom. The molecule has 0 bridgehead atoms. The van der Waals surface area contributed by atoms with Crippen LogP contribution in [0.2, 0.25) is 0 Å². The lowest BCUT2D eigenvalue weighted by atomic mass is 10.2. The maximum absolute atomic E-state index is 12.0. The van der Waals surface area contributed by atoms with E-state index in [2.05, 4.69) is 20.5 Å². The van der Waals surface area contributed by atoms with E-state index in [-0.39, 0.29) is 5.91 Å². The summed E-state index contributed by atoms with van der Waals surface area (Å²) in [5.74, 6) is -0.112. The van der Waals surface area contributed by atoms with Crippen molar-refractivity contribution < 1.29 is 9.53 Å². The fourth-order valence-corrected chi connectivity index (χ4v) is 1.60. The largest absolute Gasteiger partial charge is 0.383 e. The summed E-state index contributed by atoms with van der Waals surface area (Å²) in [6.45, 7) is 5.29. The van der Waals surface area contributed by atoms with E-state index in [4.69, 9.17) is 4.74 Å². The van der Waals surface area contributed by atoms with E-state index < -0.39 is 0 Å². The van der Waals surface area contributed by atoms with Crippen LogP contribution in [-0.4, -0.2) is 62.7 Å². The van der Waals surface area contributed by atoms with Gasteiger partial charge in [-0.25, -0.2) is 0 Å². The average Bonchev–Trinajstić information content (AvgIpc) is 2.43. The zero-order valence-electron chi connectivity index (χ0n) is 12.5. The van der Waals surface area contributed by atoms with E-state index in [1.807, 2.05) is 21.0 Å². The molecule has 0 aliphatic carbocycles. The summed E-state index contributed by atoms with van der Waals surface area (Å²) < 4.78 is 5.42. The molecule has 0 radical (unpaired) electrons. The Kier molecular flexibility index (Phi) is 7.60. The van der Waals surface area contributed by atoms with Crippen molar-refractivity contribution in [2.24, 2.45) is 0 Å². The second kappa shape index (κ2) is 9.28. The maximum atomic E-state index is 12.0. The molecule has 2 N–H and O–H groups in total. The molecule has 0 unspecified atom stereocenters. The van der Waals surface area contributed by atoms with Crippen molar-refractivity contribution in [2.45, 2.75) is 6.92 Å². The van der Waals surface area contributed by atoms with Crippen LogP contribution in [0, 0.1) is 0 Å². The van der Waals surface area contributed by atoms with Crippen molar-refractivity contribution in [1.29, 1.82) is 0 Å². The summed E-state index contributed by atoms with van der Waals surface area (Å²) in [4.78, 5) is 18.1. The molecule has 0 fully saturated rings. The molecule has 0 aromatic carbocycles. The SMILES string of the molecule is CCNc1cnccc1C(=O)NCCOCCN(C)C. The molecule has 1 amide bonds. The number of hydrogen-bond acceptors (Lipinski definition) is 5. The van der Waals surface area contributed by atoms with Crippen LogP contribution in [0.25, 0.3) is 0 Å². The van der Waals surface area contributed by atoms with Gasteiger partial charge < -0.3 is 20.3 Å². The highest BCUT2D eigenvalue weighted by molar-refractivity contribution is 5.99. The van der Waals surface area contributed by atoms with Crippen LogP contribution in [0.1, 0.15) is 17.3 Å². The van der Waals surface area contributed by atoms with Crippen molar-refractivity contribution in [3.8, 4) is 0 Å². The number of anilines is 1. The number of carbonyl (C=O) groups excluding carboxylic acids is 1. The van der Waals surface area contributed by atoms with E-state index in [1.54, 1.807) is 18.5 Å². The van der Waals surface area contributed by atoms with E-state index >= 15 is 0 Å². The monoisotopic (exact) mass is 280 g/mol. The van der Waals surface area contributed by atoms with Crippen LogP contribution in [-0.2, 0) is 4.74 Å². The minimum Gasteiger partial charge on any atom is -0.383 e. The van der Waals surface area contributed by atoms with Gasteiger partial charge in [0.15, 0.2) is 0 Å². The summed E-state index contributed by atoms with van der Waals surface area (Å²) in [6, 6.07) is 1.71. The third kappa shape index (κ3) is 5.99. The number of nitrogens with zero attached hydrogens (tertiary/aromatic N) is 2. The summed E-state index contributed by atoms with van der Waals surface area (Å²) in [5.41, 5.74) is 1.36. The van der Waals surface area contributed by atoms with Crippen molar-refractivity contribution in [3.63, 3.8) is 0 Å². The quantitative estimate of drug-likeness (QED) is 0.656. The van der Waals surface area contributed by atoms with Gasteiger partial charge in [0, 0.05) is 25.8 Å². The minimum atomic E-state index is -0.112. The summed E-state index contributed by atoms with van der Waals surface area (Å²) >= 11 is 0. The molecular weight excluding hydrogens is 256 g/mol. The average molecular weight is 280 g/mol. The van der Waals surface area contributed by atoms with Gasteiger partial charge in [0.05, 0.1) is 30.7 Å². The fourth-order valence-electron chi connectivity index (χ4n) is 1.60. The lowest BCUT2D eigenvalue weighted by molar-refractivity contribution is 0.0901. The molecule has 0 aliphatic rings. The highest BCUT2D eigenvalue weighted by Gasteiger charge is 2.09. The van der Waals surface area contributed by atoms with Gasteiger partial charge in [0.1, 0.15) is 0 Å². The Hall–Kier alpha value is -1.66. The van der Waals surface area contributed by atoms with Crippen molar-refractivity contribution >= 4 is 11.6 Å². The van der Waals surface area contributed by atoms with Crippen molar-refractivity contribution in [1.82, 2.24) is 15.2 Å². The normalized spacial score (nSPS) is 10.6. The zero-order chi connectivity index (χ0) is 14.8. The van der Waals surface area contributed by atoms with Crippen LogP contribution in [0.15, 0.2) is 18.5 Å². The maximum Gasteiger partial charge on any atom is 0.253 e. The number of ether oxygens (including phenoxy) is 1. The van der Waals surface area contributed by atoms with Crippen LogP contribution in [0.5, 0.6) is 0 Å². The van der Waals surface area contributed by atoms with E-state index in [0.29, 0.717) is 25.3 Å². The molecule has 0 saturated heterocycles. The summed E-state index contributed by atoms with van der Waals surface area (Å²) in [7, 11) is 3.99. The molecule has 6 nitrogen and oxygen atoms in total. The first-order valence-electron chi connectivity index (χ1n) is 6.83. The van der Waals surface area contributed by atoms with E-state index in [1.165, 1.54) is 0 Å². The van der Waals surface area contributed by atoms with Gasteiger partial charge in [-0.05, 0) is 27.1 Å². The molecule has 1 heterocycles. The number of hydrogen-bond donors (Lipinski definition) is 2. The molecule has 0 atom stereocenters. The highest BCUT2D eigenvalue weighted by Crippen LogP contribution is 2.12. The number of pyridine rings is 1. The first-order valence-corrected chi connectivity index (χ1v) is 6.83. The molecule has 1 aromatic rings. The lowest BCUT2D eigenvalue weighted by Crippen LogP contribution is -2.29. The first-order chi connectivity index (χ1) is 9.65.